The van der Waals surface area contributed by atoms with Crippen LogP contribution in [-0.4, -0.2) is 11.4 Å². The van der Waals surface area contributed by atoms with Gasteiger partial charge < -0.3 is 5.11 Å². The van der Waals surface area contributed by atoms with Crippen LogP contribution in [0.25, 0.3) is 0 Å². The first-order chi connectivity index (χ1) is 7.24. The summed E-state index contributed by atoms with van der Waals surface area (Å²) < 4.78 is 0.630. The lowest BCUT2D eigenvalue weighted by molar-refractivity contribution is 0.112. The maximum atomic E-state index is 11.0. The molecule has 80 valence electrons. The average molecular weight is 269 g/mol. The quantitative estimate of drug-likeness (QED) is 0.627. The Morgan fingerprint density at radius 1 is 1.27 bits per heavy atom. The van der Waals surface area contributed by atoms with Crippen molar-refractivity contribution < 1.29 is 9.90 Å². The van der Waals surface area contributed by atoms with Gasteiger partial charge in [0.25, 0.3) is 0 Å². The summed E-state index contributed by atoms with van der Waals surface area (Å²) in [5.41, 5.74) is 2.73. The molecule has 0 atom stereocenters. The Bertz CT molecular complexity index is 399. The minimum atomic E-state index is 0.0886. The molecule has 15 heavy (non-hydrogen) atoms. The summed E-state index contributed by atoms with van der Waals surface area (Å²) in [5, 5.41) is 9.77. The van der Waals surface area contributed by atoms with E-state index in [9.17, 15) is 9.90 Å². The Morgan fingerprint density at radius 2 is 2.00 bits per heavy atom. The SMILES string of the molecule is O=Cc1c(O)c(Br)cc2c1CCCCC2. The van der Waals surface area contributed by atoms with Crippen LogP contribution in [0.2, 0.25) is 0 Å². The van der Waals surface area contributed by atoms with Crippen molar-refractivity contribution in [2.45, 2.75) is 32.1 Å². The van der Waals surface area contributed by atoms with E-state index in [0.717, 1.165) is 31.1 Å². The number of halogens is 1. The Labute approximate surface area is 97.4 Å². The minimum absolute atomic E-state index is 0.0886. The minimum Gasteiger partial charge on any atom is -0.506 e. The summed E-state index contributed by atoms with van der Waals surface area (Å²) in [7, 11) is 0. The molecule has 1 N–H and O–H groups in total. The first kappa shape index (κ1) is 10.7. The van der Waals surface area contributed by atoms with Gasteiger partial charge >= 0.3 is 0 Å². The lowest BCUT2D eigenvalue weighted by Crippen LogP contribution is -1.98. The molecule has 0 unspecified atom stereocenters. The molecule has 0 aromatic heterocycles. The number of benzene rings is 1. The monoisotopic (exact) mass is 268 g/mol. The lowest BCUT2D eigenvalue weighted by atomic mass is 9.97. The molecule has 0 saturated carbocycles. The fraction of sp³-hybridized carbons (Fsp3) is 0.417. The topological polar surface area (TPSA) is 37.3 Å². The molecule has 1 aromatic rings. The highest BCUT2D eigenvalue weighted by Crippen LogP contribution is 2.35. The third kappa shape index (κ3) is 1.93. The van der Waals surface area contributed by atoms with E-state index in [2.05, 4.69) is 15.9 Å². The van der Waals surface area contributed by atoms with Crippen molar-refractivity contribution in [1.29, 1.82) is 0 Å². The molecule has 0 fully saturated rings. The van der Waals surface area contributed by atoms with E-state index in [-0.39, 0.29) is 5.75 Å². The van der Waals surface area contributed by atoms with Gasteiger partial charge in [0.15, 0.2) is 6.29 Å². The van der Waals surface area contributed by atoms with E-state index < -0.39 is 0 Å². The van der Waals surface area contributed by atoms with Crippen molar-refractivity contribution in [3.63, 3.8) is 0 Å². The second-order valence-electron chi connectivity index (χ2n) is 3.94. The van der Waals surface area contributed by atoms with Crippen molar-refractivity contribution in [3.05, 3.63) is 27.2 Å². The van der Waals surface area contributed by atoms with Crippen LogP contribution in [0, 0.1) is 0 Å². The zero-order chi connectivity index (χ0) is 10.8. The predicted octanol–water partition coefficient (Wildman–Crippen LogP) is 3.24. The van der Waals surface area contributed by atoms with Crippen molar-refractivity contribution in [2.75, 3.05) is 0 Å². The number of hydrogen-bond acceptors (Lipinski definition) is 2. The maximum Gasteiger partial charge on any atom is 0.154 e. The maximum absolute atomic E-state index is 11.0. The summed E-state index contributed by atoms with van der Waals surface area (Å²) in [6.45, 7) is 0. The third-order valence-electron chi connectivity index (χ3n) is 2.99. The second kappa shape index (κ2) is 4.35. The third-order valence-corrected chi connectivity index (χ3v) is 3.59. The van der Waals surface area contributed by atoms with Crippen LogP contribution in [0.3, 0.4) is 0 Å². The number of rotatable bonds is 1. The van der Waals surface area contributed by atoms with Gasteiger partial charge in [-0.3, -0.25) is 4.79 Å². The number of hydrogen-bond donors (Lipinski definition) is 1. The van der Waals surface area contributed by atoms with Gasteiger partial charge in [-0.15, -0.1) is 0 Å². The molecule has 1 aliphatic carbocycles. The number of carbonyl (C=O) groups is 1. The van der Waals surface area contributed by atoms with Crippen LogP contribution in [-0.2, 0) is 12.8 Å². The second-order valence-corrected chi connectivity index (χ2v) is 4.79. The standard InChI is InChI=1S/C12H13BrO2/c13-11-6-8-4-2-1-3-5-9(8)10(7-14)12(11)15/h6-7,15H,1-5H2. The predicted molar refractivity (Wildman–Crippen MR) is 62.5 cm³/mol. The molecule has 1 aliphatic rings. The fourth-order valence-corrected chi connectivity index (χ4v) is 2.68. The van der Waals surface area contributed by atoms with Gasteiger partial charge in [0.1, 0.15) is 5.75 Å². The molecule has 3 heteroatoms. The van der Waals surface area contributed by atoms with Gasteiger partial charge in [-0.2, -0.15) is 0 Å². The number of fused-ring (bicyclic) bond motifs is 1. The molecule has 0 radical (unpaired) electrons. The number of aromatic hydroxyl groups is 1. The average Bonchev–Trinajstić information content (AvgIpc) is 2.45. The van der Waals surface area contributed by atoms with Crippen LogP contribution < -0.4 is 0 Å². The molecule has 2 nitrogen and oxygen atoms in total. The zero-order valence-electron chi connectivity index (χ0n) is 8.42. The summed E-state index contributed by atoms with van der Waals surface area (Å²) >= 11 is 3.28. The highest BCUT2D eigenvalue weighted by atomic mass is 79.9. The smallest absolute Gasteiger partial charge is 0.154 e. The van der Waals surface area contributed by atoms with Crippen LogP contribution in [0.1, 0.15) is 40.7 Å². The van der Waals surface area contributed by atoms with E-state index in [1.54, 1.807) is 0 Å². The van der Waals surface area contributed by atoms with Crippen LogP contribution in [0.5, 0.6) is 5.75 Å². The molecule has 0 saturated heterocycles. The van der Waals surface area contributed by atoms with E-state index in [1.165, 1.54) is 18.4 Å². The Kier molecular flexibility index (Phi) is 3.10. The molecule has 0 amide bonds. The van der Waals surface area contributed by atoms with Gasteiger partial charge in [0, 0.05) is 0 Å². The van der Waals surface area contributed by atoms with Crippen LogP contribution in [0.4, 0.5) is 0 Å². The molecule has 0 aliphatic heterocycles. The number of carbonyl (C=O) groups excluding carboxylic acids is 1. The highest BCUT2D eigenvalue weighted by molar-refractivity contribution is 9.10. The highest BCUT2D eigenvalue weighted by Gasteiger charge is 2.17. The molecule has 0 spiro atoms. The molecule has 2 rings (SSSR count). The van der Waals surface area contributed by atoms with Gasteiger partial charge in [0.05, 0.1) is 10.0 Å². The van der Waals surface area contributed by atoms with Crippen LogP contribution >= 0.6 is 15.9 Å². The number of aldehydes is 1. The van der Waals surface area contributed by atoms with Gasteiger partial charge in [-0.05, 0) is 58.8 Å². The Balaban J connectivity index is 2.61. The molecular weight excluding hydrogens is 256 g/mol. The summed E-state index contributed by atoms with van der Waals surface area (Å²) in [6, 6.07) is 1.95. The molecule has 1 aromatic carbocycles. The van der Waals surface area contributed by atoms with E-state index in [1.807, 2.05) is 6.07 Å². The Hall–Kier alpha value is -0.830. The lowest BCUT2D eigenvalue weighted by Gasteiger charge is -2.11. The van der Waals surface area contributed by atoms with E-state index in [0.29, 0.717) is 10.0 Å². The largest absolute Gasteiger partial charge is 0.506 e. The zero-order valence-corrected chi connectivity index (χ0v) is 10.0. The van der Waals surface area contributed by atoms with Crippen molar-refractivity contribution >= 4 is 22.2 Å². The summed E-state index contributed by atoms with van der Waals surface area (Å²) in [4.78, 5) is 11.0. The van der Waals surface area contributed by atoms with Gasteiger partial charge in [0.2, 0.25) is 0 Å². The fourth-order valence-electron chi connectivity index (χ4n) is 2.19. The van der Waals surface area contributed by atoms with Gasteiger partial charge in [-0.1, -0.05) is 6.42 Å². The first-order valence-corrected chi connectivity index (χ1v) is 6.01. The van der Waals surface area contributed by atoms with Gasteiger partial charge in [-0.25, -0.2) is 0 Å². The van der Waals surface area contributed by atoms with E-state index >= 15 is 0 Å². The number of phenolic OH excluding ortho intramolecular Hbond substituents is 1. The number of phenols is 1. The van der Waals surface area contributed by atoms with E-state index in [4.69, 9.17) is 0 Å². The molecular formula is C12H13BrO2. The molecule has 0 heterocycles. The van der Waals surface area contributed by atoms with Crippen molar-refractivity contribution in [1.82, 2.24) is 0 Å². The normalized spacial score (nSPS) is 15.5. The van der Waals surface area contributed by atoms with Crippen molar-refractivity contribution in [3.8, 4) is 5.75 Å². The summed E-state index contributed by atoms with van der Waals surface area (Å²) in [6.07, 6.45) is 6.16. The number of aryl methyl sites for hydroxylation is 1. The summed E-state index contributed by atoms with van der Waals surface area (Å²) in [5.74, 6) is 0.0886. The molecule has 0 bridgehead atoms. The first-order valence-electron chi connectivity index (χ1n) is 5.22. The van der Waals surface area contributed by atoms with Crippen molar-refractivity contribution in [2.24, 2.45) is 0 Å². The van der Waals surface area contributed by atoms with Crippen LogP contribution in [0.15, 0.2) is 10.5 Å². The Morgan fingerprint density at radius 3 is 2.73 bits per heavy atom.